The fourth-order valence-electron chi connectivity index (χ4n) is 2.26. The number of nitrogens with one attached hydrogen (secondary N) is 1. The minimum atomic E-state index is -4.10. The molecular formula is C12H16F2N2O3S. The normalized spacial score (nSPS) is 20.9. The quantitative estimate of drug-likeness (QED) is 0.885. The van der Waals surface area contributed by atoms with E-state index in [4.69, 9.17) is 0 Å². The maximum Gasteiger partial charge on any atom is 0.302 e. The van der Waals surface area contributed by atoms with Gasteiger partial charge in [-0.2, -0.15) is 12.7 Å². The highest BCUT2D eigenvalue weighted by Gasteiger charge is 2.32. The van der Waals surface area contributed by atoms with Crippen LogP contribution in [-0.2, 0) is 10.2 Å². The molecule has 1 aromatic rings. The Morgan fingerprint density at radius 3 is 2.55 bits per heavy atom. The topological polar surface area (TPSA) is 69.6 Å². The fourth-order valence-corrected chi connectivity index (χ4v) is 3.76. The summed E-state index contributed by atoms with van der Waals surface area (Å²) >= 11 is 0. The van der Waals surface area contributed by atoms with Crippen molar-refractivity contribution >= 4 is 15.9 Å². The van der Waals surface area contributed by atoms with Gasteiger partial charge >= 0.3 is 10.2 Å². The van der Waals surface area contributed by atoms with Crippen molar-refractivity contribution in [2.45, 2.75) is 25.3 Å². The standard InChI is InChI=1S/C12H16F2N2O3S/c13-10-5-3-6-11(14)12(10)15-20(18,19)16-7-2-1-4-9(16)8-17/h3,5-6,9,15,17H,1-2,4,7-8H2. The first-order valence-corrected chi connectivity index (χ1v) is 7.74. The van der Waals surface area contributed by atoms with Gasteiger partial charge in [-0.1, -0.05) is 12.5 Å². The molecule has 1 unspecified atom stereocenters. The van der Waals surface area contributed by atoms with Gasteiger partial charge in [0, 0.05) is 12.6 Å². The van der Waals surface area contributed by atoms with Crippen molar-refractivity contribution in [3.8, 4) is 0 Å². The number of para-hydroxylation sites is 1. The van der Waals surface area contributed by atoms with Gasteiger partial charge in [0.1, 0.15) is 17.3 Å². The number of hydrogen-bond donors (Lipinski definition) is 2. The molecule has 0 bridgehead atoms. The number of nitrogens with zero attached hydrogens (tertiary/aromatic N) is 1. The van der Waals surface area contributed by atoms with E-state index in [1.807, 2.05) is 4.72 Å². The number of halogens is 2. The highest BCUT2D eigenvalue weighted by Crippen LogP contribution is 2.24. The summed E-state index contributed by atoms with van der Waals surface area (Å²) in [5.74, 6) is -1.96. The molecule has 0 aromatic heterocycles. The van der Waals surface area contributed by atoms with Crippen LogP contribution in [0.1, 0.15) is 19.3 Å². The molecule has 1 fully saturated rings. The monoisotopic (exact) mass is 306 g/mol. The second-order valence-electron chi connectivity index (χ2n) is 4.65. The number of aliphatic hydroxyl groups is 1. The van der Waals surface area contributed by atoms with Crippen molar-refractivity contribution in [2.75, 3.05) is 17.9 Å². The maximum absolute atomic E-state index is 13.5. The molecule has 112 valence electrons. The van der Waals surface area contributed by atoms with Crippen LogP contribution < -0.4 is 4.72 Å². The first-order valence-electron chi connectivity index (χ1n) is 6.30. The highest BCUT2D eigenvalue weighted by molar-refractivity contribution is 7.90. The Kier molecular flexibility index (Phi) is 4.56. The van der Waals surface area contributed by atoms with E-state index >= 15 is 0 Å². The van der Waals surface area contributed by atoms with E-state index in [1.54, 1.807) is 0 Å². The van der Waals surface area contributed by atoms with E-state index in [2.05, 4.69) is 0 Å². The lowest BCUT2D eigenvalue weighted by molar-refractivity contribution is 0.155. The van der Waals surface area contributed by atoms with Crippen LogP contribution in [0.3, 0.4) is 0 Å². The number of aliphatic hydroxyl groups excluding tert-OH is 1. The Labute approximate surface area is 116 Å². The number of rotatable bonds is 4. The Hall–Kier alpha value is -1.25. The minimum Gasteiger partial charge on any atom is -0.395 e. The summed E-state index contributed by atoms with van der Waals surface area (Å²) in [6.07, 6.45) is 1.99. The van der Waals surface area contributed by atoms with Crippen molar-refractivity contribution in [3.63, 3.8) is 0 Å². The molecule has 2 N–H and O–H groups in total. The zero-order chi connectivity index (χ0) is 14.8. The molecule has 2 rings (SSSR count). The Balaban J connectivity index is 2.26. The lowest BCUT2D eigenvalue weighted by Gasteiger charge is -2.33. The molecule has 1 aromatic carbocycles. The van der Waals surface area contributed by atoms with Crippen molar-refractivity contribution in [3.05, 3.63) is 29.8 Å². The van der Waals surface area contributed by atoms with E-state index in [0.29, 0.717) is 12.8 Å². The van der Waals surface area contributed by atoms with E-state index in [0.717, 1.165) is 28.9 Å². The molecule has 1 aliphatic heterocycles. The van der Waals surface area contributed by atoms with E-state index in [9.17, 15) is 22.3 Å². The van der Waals surface area contributed by atoms with Gasteiger partial charge in [0.05, 0.1) is 6.61 Å². The van der Waals surface area contributed by atoms with Crippen molar-refractivity contribution in [2.24, 2.45) is 0 Å². The van der Waals surface area contributed by atoms with Crippen LogP contribution in [-0.4, -0.2) is 37.0 Å². The molecule has 8 heteroatoms. The van der Waals surface area contributed by atoms with Crippen molar-refractivity contribution in [1.82, 2.24) is 4.31 Å². The molecule has 0 spiro atoms. The number of hydrogen-bond acceptors (Lipinski definition) is 3. The molecule has 0 aliphatic carbocycles. The first kappa shape index (κ1) is 15.1. The van der Waals surface area contributed by atoms with Crippen LogP contribution in [0.4, 0.5) is 14.5 Å². The van der Waals surface area contributed by atoms with Crippen LogP contribution in [0, 0.1) is 11.6 Å². The highest BCUT2D eigenvalue weighted by atomic mass is 32.2. The molecule has 1 aliphatic rings. The van der Waals surface area contributed by atoms with Crippen molar-refractivity contribution in [1.29, 1.82) is 0 Å². The van der Waals surface area contributed by atoms with Gasteiger partial charge in [-0.25, -0.2) is 8.78 Å². The van der Waals surface area contributed by atoms with Crippen molar-refractivity contribution < 1.29 is 22.3 Å². The summed E-state index contributed by atoms with van der Waals surface area (Å²) < 4.78 is 54.4. The molecule has 20 heavy (non-hydrogen) atoms. The summed E-state index contributed by atoms with van der Waals surface area (Å²) in [5.41, 5.74) is -0.699. The summed E-state index contributed by atoms with van der Waals surface area (Å²) in [6.45, 7) is -0.0999. The third-order valence-corrected chi connectivity index (χ3v) is 4.85. The largest absolute Gasteiger partial charge is 0.395 e. The van der Waals surface area contributed by atoms with Gasteiger partial charge in [0.25, 0.3) is 0 Å². The Morgan fingerprint density at radius 2 is 1.95 bits per heavy atom. The van der Waals surface area contributed by atoms with Gasteiger partial charge in [-0.3, -0.25) is 4.72 Å². The zero-order valence-electron chi connectivity index (χ0n) is 10.7. The fraction of sp³-hybridized carbons (Fsp3) is 0.500. The maximum atomic E-state index is 13.5. The third-order valence-electron chi connectivity index (χ3n) is 3.29. The molecule has 1 atom stereocenters. The van der Waals surface area contributed by atoms with E-state index in [1.165, 1.54) is 0 Å². The SMILES string of the molecule is O=S(=O)(Nc1c(F)cccc1F)N1CCCCC1CO. The minimum absolute atomic E-state index is 0.219. The molecule has 0 saturated carbocycles. The van der Waals surface area contributed by atoms with Crippen LogP contribution in [0.25, 0.3) is 0 Å². The van der Waals surface area contributed by atoms with Crippen LogP contribution in [0.5, 0.6) is 0 Å². The predicted octanol–water partition coefficient (Wildman–Crippen LogP) is 1.47. The van der Waals surface area contributed by atoms with Crippen LogP contribution >= 0.6 is 0 Å². The van der Waals surface area contributed by atoms with Gasteiger partial charge in [0.15, 0.2) is 0 Å². The Bertz CT molecular complexity index is 560. The molecule has 1 saturated heterocycles. The van der Waals surface area contributed by atoms with Crippen LogP contribution in [0.15, 0.2) is 18.2 Å². The summed E-state index contributed by atoms with van der Waals surface area (Å²) in [5, 5.41) is 9.22. The average molecular weight is 306 g/mol. The summed E-state index contributed by atoms with van der Waals surface area (Å²) in [4.78, 5) is 0. The second-order valence-corrected chi connectivity index (χ2v) is 6.27. The van der Waals surface area contributed by atoms with Crippen LogP contribution in [0.2, 0.25) is 0 Å². The van der Waals surface area contributed by atoms with Gasteiger partial charge in [-0.15, -0.1) is 0 Å². The number of anilines is 1. The number of benzene rings is 1. The lowest BCUT2D eigenvalue weighted by atomic mass is 10.1. The Morgan fingerprint density at radius 1 is 1.30 bits per heavy atom. The predicted molar refractivity (Wildman–Crippen MR) is 70.3 cm³/mol. The van der Waals surface area contributed by atoms with Gasteiger partial charge in [0.2, 0.25) is 0 Å². The van der Waals surface area contributed by atoms with Gasteiger partial charge < -0.3 is 5.11 Å². The first-order chi connectivity index (χ1) is 9.45. The number of piperidine rings is 1. The smallest absolute Gasteiger partial charge is 0.302 e. The van der Waals surface area contributed by atoms with E-state index in [-0.39, 0.29) is 13.2 Å². The summed E-state index contributed by atoms with van der Waals surface area (Å²) in [7, 11) is -4.10. The third kappa shape index (κ3) is 3.08. The lowest BCUT2D eigenvalue weighted by Crippen LogP contribution is -2.48. The average Bonchev–Trinajstić information content (AvgIpc) is 2.43. The molecule has 1 heterocycles. The molecule has 0 radical (unpaired) electrons. The molecular weight excluding hydrogens is 290 g/mol. The summed E-state index contributed by atoms with van der Waals surface area (Å²) in [6, 6.07) is 2.54. The molecule has 5 nitrogen and oxygen atoms in total. The van der Waals surface area contributed by atoms with E-state index < -0.39 is 33.6 Å². The molecule has 0 amide bonds. The zero-order valence-corrected chi connectivity index (χ0v) is 11.5. The second kappa shape index (κ2) is 6.02. The van der Waals surface area contributed by atoms with Gasteiger partial charge in [-0.05, 0) is 25.0 Å².